The van der Waals surface area contributed by atoms with Crippen molar-refractivity contribution in [2.75, 3.05) is 3.53 Å². The molecule has 74 valence electrons. The van der Waals surface area contributed by atoms with Crippen LogP contribution in [0.4, 0.5) is 5.95 Å². The summed E-state index contributed by atoms with van der Waals surface area (Å²) in [6.45, 7) is 7.53. The smallest absolute Gasteiger partial charge is 0.211 e. The highest BCUT2D eigenvalue weighted by Gasteiger charge is 2.08. The molecule has 0 aliphatic carbocycles. The molecule has 0 unspecified atom stereocenters. The summed E-state index contributed by atoms with van der Waals surface area (Å²) in [6.07, 6.45) is 3.27. The lowest BCUT2D eigenvalue weighted by Gasteiger charge is -2.02. The number of rotatable bonds is 4. The standard InChI is InChI=1S/C9H16IN3/c1-4-5-13-6-8(7(2)3)11-9(13)12-10/h6-7H,4-5H2,1-3H3,(H,11,12). The minimum absolute atomic E-state index is 0.501. The molecular formula is C9H16IN3. The first-order valence-corrected chi connectivity index (χ1v) is 5.70. The average molecular weight is 293 g/mol. The third kappa shape index (κ3) is 2.59. The number of nitrogens with one attached hydrogen (secondary N) is 1. The summed E-state index contributed by atoms with van der Waals surface area (Å²) in [4.78, 5) is 4.49. The molecule has 0 saturated heterocycles. The van der Waals surface area contributed by atoms with E-state index in [0.29, 0.717) is 5.92 Å². The lowest BCUT2D eigenvalue weighted by atomic mass is 10.2. The average Bonchev–Trinajstić information content (AvgIpc) is 2.48. The van der Waals surface area contributed by atoms with Gasteiger partial charge in [0.2, 0.25) is 5.95 Å². The normalized spacial score (nSPS) is 10.8. The highest BCUT2D eigenvalue weighted by Crippen LogP contribution is 2.18. The SMILES string of the molecule is CCCn1cc(C(C)C)nc1NI. The van der Waals surface area contributed by atoms with Crippen molar-refractivity contribution < 1.29 is 0 Å². The Labute approximate surface area is 93.4 Å². The molecule has 0 spiro atoms. The van der Waals surface area contributed by atoms with Crippen LogP contribution in [0.1, 0.15) is 38.8 Å². The van der Waals surface area contributed by atoms with Crippen molar-refractivity contribution in [3.8, 4) is 0 Å². The molecule has 3 nitrogen and oxygen atoms in total. The van der Waals surface area contributed by atoms with E-state index in [9.17, 15) is 0 Å². The van der Waals surface area contributed by atoms with Gasteiger partial charge in [-0.25, -0.2) is 4.98 Å². The van der Waals surface area contributed by atoms with Gasteiger partial charge in [-0.1, -0.05) is 20.8 Å². The van der Waals surface area contributed by atoms with E-state index in [2.05, 4.69) is 62.9 Å². The highest BCUT2D eigenvalue weighted by molar-refractivity contribution is 14.1. The van der Waals surface area contributed by atoms with Crippen molar-refractivity contribution in [2.24, 2.45) is 0 Å². The van der Waals surface area contributed by atoms with Crippen molar-refractivity contribution in [1.82, 2.24) is 9.55 Å². The van der Waals surface area contributed by atoms with Gasteiger partial charge in [0.1, 0.15) is 0 Å². The van der Waals surface area contributed by atoms with E-state index in [4.69, 9.17) is 0 Å². The molecule has 1 aromatic rings. The second-order valence-electron chi connectivity index (χ2n) is 3.43. The highest BCUT2D eigenvalue weighted by atomic mass is 127. The summed E-state index contributed by atoms with van der Waals surface area (Å²) in [6, 6.07) is 0. The van der Waals surface area contributed by atoms with Gasteiger partial charge in [-0.3, -0.25) is 3.53 Å². The van der Waals surface area contributed by atoms with E-state index < -0.39 is 0 Å². The summed E-state index contributed by atoms with van der Waals surface area (Å²) in [7, 11) is 0. The van der Waals surface area contributed by atoms with Crippen LogP contribution in [0.3, 0.4) is 0 Å². The van der Waals surface area contributed by atoms with Gasteiger partial charge >= 0.3 is 0 Å². The maximum atomic E-state index is 4.49. The van der Waals surface area contributed by atoms with Crippen molar-refractivity contribution in [3.05, 3.63) is 11.9 Å². The fraction of sp³-hybridized carbons (Fsp3) is 0.667. The molecule has 13 heavy (non-hydrogen) atoms. The zero-order valence-corrected chi connectivity index (χ0v) is 10.5. The molecule has 0 atom stereocenters. The summed E-state index contributed by atoms with van der Waals surface area (Å²) in [5, 5.41) is 0. The van der Waals surface area contributed by atoms with Gasteiger partial charge < -0.3 is 4.57 Å². The summed E-state index contributed by atoms with van der Waals surface area (Å²) < 4.78 is 5.25. The maximum absolute atomic E-state index is 4.49. The third-order valence-electron chi connectivity index (χ3n) is 1.94. The minimum Gasteiger partial charge on any atom is -0.317 e. The van der Waals surface area contributed by atoms with E-state index in [1.807, 2.05) is 0 Å². The van der Waals surface area contributed by atoms with Crippen molar-refractivity contribution in [2.45, 2.75) is 39.7 Å². The van der Waals surface area contributed by atoms with E-state index >= 15 is 0 Å². The molecule has 1 N–H and O–H groups in total. The number of nitrogens with zero attached hydrogens (tertiary/aromatic N) is 2. The van der Waals surface area contributed by atoms with Gasteiger partial charge in [0.25, 0.3) is 0 Å². The van der Waals surface area contributed by atoms with Crippen LogP contribution in [0, 0.1) is 0 Å². The van der Waals surface area contributed by atoms with E-state index in [-0.39, 0.29) is 0 Å². The minimum atomic E-state index is 0.501. The zero-order chi connectivity index (χ0) is 9.84. The second-order valence-corrected chi connectivity index (χ2v) is 3.97. The van der Waals surface area contributed by atoms with Crippen LogP contribution in [-0.2, 0) is 6.54 Å². The van der Waals surface area contributed by atoms with Crippen molar-refractivity contribution in [1.29, 1.82) is 0 Å². The Morgan fingerprint density at radius 1 is 1.62 bits per heavy atom. The molecule has 0 aromatic carbocycles. The first kappa shape index (κ1) is 10.8. The summed E-state index contributed by atoms with van der Waals surface area (Å²) in [5.74, 6) is 1.47. The Hall–Kier alpha value is -0.260. The molecule has 0 radical (unpaired) electrons. The molecule has 0 saturated carbocycles. The Morgan fingerprint density at radius 2 is 2.31 bits per heavy atom. The number of hydrogen-bond donors (Lipinski definition) is 1. The Balaban J connectivity index is 2.90. The molecule has 0 aliphatic rings. The predicted octanol–water partition coefficient (Wildman–Crippen LogP) is 3.18. The Kier molecular flexibility index (Phi) is 4.02. The van der Waals surface area contributed by atoms with Gasteiger partial charge in [-0.2, -0.15) is 0 Å². The number of hydrogen-bond acceptors (Lipinski definition) is 2. The second kappa shape index (κ2) is 4.83. The van der Waals surface area contributed by atoms with Gasteiger partial charge in [-0.05, 0) is 12.3 Å². The summed E-state index contributed by atoms with van der Waals surface area (Å²) in [5.41, 5.74) is 1.16. The monoisotopic (exact) mass is 293 g/mol. The van der Waals surface area contributed by atoms with Crippen LogP contribution in [-0.4, -0.2) is 9.55 Å². The molecule has 0 aliphatic heterocycles. The molecule has 0 fully saturated rings. The van der Waals surface area contributed by atoms with Crippen molar-refractivity contribution in [3.63, 3.8) is 0 Å². The van der Waals surface area contributed by atoms with E-state index in [1.54, 1.807) is 0 Å². The Bertz CT molecular complexity index is 268. The topological polar surface area (TPSA) is 29.9 Å². The molecule has 0 amide bonds. The van der Waals surface area contributed by atoms with Crippen LogP contribution >= 0.6 is 22.9 Å². The van der Waals surface area contributed by atoms with Crippen molar-refractivity contribution >= 4 is 28.8 Å². The first-order valence-electron chi connectivity index (χ1n) is 4.62. The predicted molar refractivity (Wildman–Crippen MR) is 64.2 cm³/mol. The van der Waals surface area contributed by atoms with Gasteiger partial charge in [-0.15, -0.1) is 0 Å². The lowest BCUT2D eigenvalue weighted by molar-refractivity contribution is 0.686. The van der Waals surface area contributed by atoms with Crippen LogP contribution in [0.15, 0.2) is 6.20 Å². The number of aryl methyl sites for hydroxylation is 1. The maximum Gasteiger partial charge on any atom is 0.211 e. The number of anilines is 1. The van der Waals surface area contributed by atoms with Crippen LogP contribution in [0.25, 0.3) is 0 Å². The fourth-order valence-electron chi connectivity index (χ4n) is 1.20. The lowest BCUT2D eigenvalue weighted by Crippen LogP contribution is -1.98. The quantitative estimate of drug-likeness (QED) is 0.682. The molecule has 0 bridgehead atoms. The Morgan fingerprint density at radius 3 is 2.77 bits per heavy atom. The van der Waals surface area contributed by atoms with Crippen LogP contribution < -0.4 is 3.53 Å². The van der Waals surface area contributed by atoms with E-state index in [1.165, 1.54) is 0 Å². The van der Waals surface area contributed by atoms with Gasteiger partial charge in [0.15, 0.2) is 0 Å². The number of aromatic nitrogens is 2. The number of imidazole rings is 1. The molecule has 1 aromatic heterocycles. The van der Waals surface area contributed by atoms with Gasteiger partial charge in [0.05, 0.1) is 28.6 Å². The first-order chi connectivity index (χ1) is 6.19. The number of halogens is 1. The molecule has 1 rings (SSSR count). The van der Waals surface area contributed by atoms with E-state index in [0.717, 1.165) is 24.6 Å². The fourth-order valence-corrected chi connectivity index (χ4v) is 1.63. The third-order valence-corrected chi connectivity index (χ3v) is 2.42. The molecular weight excluding hydrogens is 277 g/mol. The largest absolute Gasteiger partial charge is 0.317 e. The summed E-state index contributed by atoms with van der Waals surface area (Å²) >= 11 is 2.12. The van der Waals surface area contributed by atoms with Gasteiger partial charge in [0, 0.05) is 12.7 Å². The zero-order valence-electron chi connectivity index (χ0n) is 8.34. The van der Waals surface area contributed by atoms with Crippen LogP contribution in [0.2, 0.25) is 0 Å². The molecule has 1 heterocycles. The molecule has 4 heteroatoms. The van der Waals surface area contributed by atoms with Crippen LogP contribution in [0.5, 0.6) is 0 Å².